The number of hydrogen-bond acceptors (Lipinski definition) is 5. The Morgan fingerprint density at radius 2 is 1.21 bits per heavy atom. The van der Waals surface area contributed by atoms with Gasteiger partial charge in [-0.15, -0.1) is 0 Å². The van der Waals surface area contributed by atoms with E-state index in [9.17, 15) is 9.90 Å². The Morgan fingerprint density at radius 3 is 1.66 bits per heavy atom. The minimum atomic E-state index is -0.723. The van der Waals surface area contributed by atoms with Gasteiger partial charge in [0.05, 0.1) is 6.10 Å². The molecule has 0 aliphatic carbocycles. The number of rotatable bonds is 22. The van der Waals surface area contributed by atoms with Gasteiger partial charge in [-0.1, -0.05) is 96.8 Å². The van der Waals surface area contributed by atoms with Crippen LogP contribution in [-0.4, -0.2) is 48.1 Å². The zero-order valence-electron chi connectivity index (χ0n) is 19.3. The molecule has 174 valence electrons. The molecule has 3 N–H and O–H groups in total. The summed E-state index contributed by atoms with van der Waals surface area (Å²) < 4.78 is 5.09. The van der Waals surface area contributed by atoms with Crippen LogP contribution in [0.15, 0.2) is 0 Å². The lowest BCUT2D eigenvalue weighted by Gasteiger charge is -2.13. The maximum Gasteiger partial charge on any atom is 0.305 e. The lowest BCUT2D eigenvalue weighted by molar-refractivity contribution is -0.146. The first-order valence-corrected chi connectivity index (χ1v) is 12.3. The minimum Gasteiger partial charge on any atom is -0.463 e. The van der Waals surface area contributed by atoms with Crippen molar-refractivity contribution in [2.75, 3.05) is 19.7 Å². The van der Waals surface area contributed by atoms with Crippen molar-refractivity contribution in [1.82, 2.24) is 5.32 Å². The molecule has 0 saturated carbocycles. The first kappa shape index (κ1) is 28.4. The average Bonchev–Trinajstić information content (AvgIpc) is 2.69. The van der Waals surface area contributed by atoms with Crippen LogP contribution in [0.2, 0.25) is 0 Å². The molecule has 2 unspecified atom stereocenters. The van der Waals surface area contributed by atoms with Crippen molar-refractivity contribution in [2.45, 2.75) is 129 Å². The van der Waals surface area contributed by atoms with Gasteiger partial charge < -0.3 is 20.3 Å². The summed E-state index contributed by atoms with van der Waals surface area (Å²) in [6.45, 7) is 4.70. The quantitative estimate of drug-likeness (QED) is 0.169. The molecule has 0 aromatic carbocycles. The Kier molecular flexibility index (Phi) is 21.6. The molecule has 0 aliphatic rings. The van der Waals surface area contributed by atoms with Gasteiger partial charge in [0.25, 0.3) is 0 Å². The number of aliphatic hydroxyl groups is 2. The molecule has 0 amide bonds. The van der Waals surface area contributed by atoms with Crippen molar-refractivity contribution >= 4 is 5.97 Å². The molecule has 0 radical (unpaired) electrons. The van der Waals surface area contributed by atoms with Crippen LogP contribution in [0.3, 0.4) is 0 Å². The van der Waals surface area contributed by atoms with Gasteiger partial charge in [0.1, 0.15) is 12.7 Å². The molecule has 0 aromatic rings. The molecule has 0 fully saturated rings. The monoisotopic (exact) mass is 415 g/mol. The summed E-state index contributed by atoms with van der Waals surface area (Å²) in [5.74, 6) is -0.228. The van der Waals surface area contributed by atoms with Crippen LogP contribution in [0, 0.1) is 0 Å². The van der Waals surface area contributed by atoms with Crippen molar-refractivity contribution in [2.24, 2.45) is 0 Å². The predicted octanol–water partition coefficient (Wildman–Crippen LogP) is 5.12. The van der Waals surface area contributed by atoms with Gasteiger partial charge >= 0.3 is 5.97 Å². The summed E-state index contributed by atoms with van der Waals surface area (Å²) in [4.78, 5) is 11.7. The van der Waals surface area contributed by atoms with Crippen LogP contribution in [0.4, 0.5) is 0 Å². The number of esters is 1. The molecule has 2 atom stereocenters. The Balaban J connectivity index is 3.24. The normalized spacial score (nSPS) is 13.4. The van der Waals surface area contributed by atoms with E-state index >= 15 is 0 Å². The molecular formula is C24H49NO4. The highest BCUT2D eigenvalue weighted by molar-refractivity contribution is 5.69. The fourth-order valence-electron chi connectivity index (χ4n) is 3.42. The standard InChI is InChI=1S/C24H49NO4/c1-3-4-5-6-7-8-9-10-11-12-13-14-15-16-17-18-24(28)29-21-23(27)20-25-19-22(2)26/h22-23,25-27H,3-21H2,1-2H3. The van der Waals surface area contributed by atoms with Crippen LogP contribution in [-0.2, 0) is 9.53 Å². The summed E-state index contributed by atoms with van der Waals surface area (Å²) in [6, 6.07) is 0. The summed E-state index contributed by atoms with van der Waals surface area (Å²) in [7, 11) is 0. The largest absolute Gasteiger partial charge is 0.463 e. The van der Waals surface area contributed by atoms with Crippen molar-refractivity contribution < 1.29 is 19.7 Å². The van der Waals surface area contributed by atoms with E-state index in [-0.39, 0.29) is 12.6 Å². The SMILES string of the molecule is CCCCCCCCCCCCCCCCCC(=O)OCC(O)CNCC(C)O. The van der Waals surface area contributed by atoms with Crippen LogP contribution in [0.1, 0.15) is 117 Å². The van der Waals surface area contributed by atoms with E-state index in [2.05, 4.69) is 12.2 Å². The van der Waals surface area contributed by atoms with E-state index in [4.69, 9.17) is 9.84 Å². The summed E-state index contributed by atoms with van der Waals surface area (Å²) in [6.07, 6.45) is 18.9. The highest BCUT2D eigenvalue weighted by atomic mass is 16.5. The first-order valence-electron chi connectivity index (χ1n) is 12.3. The third-order valence-corrected chi connectivity index (χ3v) is 5.24. The van der Waals surface area contributed by atoms with E-state index in [0.29, 0.717) is 19.5 Å². The van der Waals surface area contributed by atoms with Gasteiger partial charge in [0, 0.05) is 19.5 Å². The fraction of sp³-hybridized carbons (Fsp3) is 0.958. The summed E-state index contributed by atoms with van der Waals surface area (Å²) >= 11 is 0. The van der Waals surface area contributed by atoms with E-state index in [1.807, 2.05) is 0 Å². The van der Waals surface area contributed by atoms with Crippen LogP contribution < -0.4 is 5.32 Å². The summed E-state index contributed by atoms with van der Waals surface area (Å²) in [5, 5.41) is 21.7. The lowest BCUT2D eigenvalue weighted by atomic mass is 10.0. The molecule has 0 aliphatic heterocycles. The van der Waals surface area contributed by atoms with E-state index in [1.54, 1.807) is 6.92 Å². The highest BCUT2D eigenvalue weighted by Crippen LogP contribution is 2.13. The number of aliphatic hydroxyl groups excluding tert-OH is 2. The second kappa shape index (κ2) is 22.0. The highest BCUT2D eigenvalue weighted by Gasteiger charge is 2.09. The Hall–Kier alpha value is -0.650. The maximum absolute atomic E-state index is 11.7. The van der Waals surface area contributed by atoms with E-state index in [0.717, 1.165) is 12.8 Å². The zero-order chi connectivity index (χ0) is 21.6. The molecule has 29 heavy (non-hydrogen) atoms. The molecule has 0 saturated heterocycles. The Bertz CT molecular complexity index is 350. The smallest absolute Gasteiger partial charge is 0.305 e. The molecule has 0 rings (SSSR count). The molecule has 0 bridgehead atoms. The topological polar surface area (TPSA) is 78.8 Å². The second-order valence-electron chi connectivity index (χ2n) is 8.54. The van der Waals surface area contributed by atoms with Crippen molar-refractivity contribution in [1.29, 1.82) is 0 Å². The molecule has 5 nitrogen and oxygen atoms in total. The van der Waals surface area contributed by atoms with Crippen LogP contribution in [0.25, 0.3) is 0 Å². The maximum atomic E-state index is 11.7. The third kappa shape index (κ3) is 23.5. The number of ether oxygens (including phenoxy) is 1. The molecular weight excluding hydrogens is 366 g/mol. The summed E-state index contributed by atoms with van der Waals surface area (Å²) in [5.41, 5.74) is 0. The average molecular weight is 416 g/mol. The predicted molar refractivity (Wildman–Crippen MR) is 121 cm³/mol. The van der Waals surface area contributed by atoms with E-state index < -0.39 is 12.2 Å². The van der Waals surface area contributed by atoms with E-state index in [1.165, 1.54) is 83.5 Å². The van der Waals surface area contributed by atoms with Crippen molar-refractivity contribution in [3.8, 4) is 0 Å². The minimum absolute atomic E-state index is 0.0182. The number of unbranched alkanes of at least 4 members (excludes halogenated alkanes) is 14. The number of carbonyl (C=O) groups is 1. The van der Waals surface area contributed by atoms with Gasteiger partial charge in [0.15, 0.2) is 0 Å². The Morgan fingerprint density at radius 1 is 0.759 bits per heavy atom. The van der Waals surface area contributed by atoms with Gasteiger partial charge in [-0.3, -0.25) is 4.79 Å². The molecule has 0 spiro atoms. The van der Waals surface area contributed by atoms with Gasteiger partial charge in [-0.05, 0) is 13.3 Å². The van der Waals surface area contributed by atoms with Crippen LogP contribution >= 0.6 is 0 Å². The van der Waals surface area contributed by atoms with Gasteiger partial charge in [0.2, 0.25) is 0 Å². The first-order chi connectivity index (χ1) is 14.1. The third-order valence-electron chi connectivity index (χ3n) is 5.24. The molecule has 0 heterocycles. The Labute approximate surface area is 180 Å². The number of nitrogens with one attached hydrogen (secondary N) is 1. The lowest BCUT2D eigenvalue weighted by Crippen LogP contribution is -2.34. The number of hydrogen-bond donors (Lipinski definition) is 3. The van der Waals surface area contributed by atoms with Crippen LogP contribution in [0.5, 0.6) is 0 Å². The fourth-order valence-corrected chi connectivity index (χ4v) is 3.42. The number of carbonyl (C=O) groups excluding carboxylic acids is 1. The molecule has 0 aromatic heterocycles. The van der Waals surface area contributed by atoms with Gasteiger partial charge in [-0.2, -0.15) is 0 Å². The van der Waals surface area contributed by atoms with Crippen molar-refractivity contribution in [3.63, 3.8) is 0 Å². The van der Waals surface area contributed by atoms with Gasteiger partial charge in [-0.25, -0.2) is 0 Å². The second-order valence-corrected chi connectivity index (χ2v) is 8.54. The van der Waals surface area contributed by atoms with Crippen molar-refractivity contribution in [3.05, 3.63) is 0 Å². The zero-order valence-corrected chi connectivity index (χ0v) is 19.3. The molecule has 5 heteroatoms.